The second kappa shape index (κ2) is 8.08. The summed E-state index contributed by atoms with van der Waals surface area (Å²) in [4.78, 5) is 28.1. The molecule has 0 saturated carbocycles. The summed E-state index contributed by atoms with van der Waals surface area (Å²) in [6.07, 6.45) is 2.12. The number of hydrogen-bond donors (Lipinski definition) is 0. The average Bonchev–Trinajstić information content (AvgIpc) is 3.21. The molecular weight excluding hydrogens is 366 g/mol. The van der Waals surface area contributed by atoms with Crippen LogP contribution >= 0.6 is 0 Å². The van der Waals surface area contributed by atoms with Crippen molar-refractivity contribution >= 4 is 21.7 Å². The quantitative estimate of drug-likeness (QED) is 0.703. The zero-order valence-corrected chi connectivity index (χ0v) is 16.7. The largest absolute Gasteiger partial charge is 0.341 e. The summed E-state index contributed by atoms with van der Waals surface area (Å²) in [6, 6.07) is 5.84. The molecule has 7 nitrogen and oxygen atoms in total. The van der Waals surface area contributed by atoms with Crippen LogP contribution in [-0.2, 0) is 14.8 Å². The molecule has 1 amide bonds. The number of Topliss-reactive ketones (excluding diaryl/α,β-unsaturated/α-hetero) is 1. The Bertz CT molecular complexity index is 793. The Morgan fingerprint density at radius 1 is 0.926 bits per heavy atom. The van der Waals surface area contributed by atoms with Gasteiger partial charge in [0.1, 0.15) is 0 Å². The van der Waals surface area contributed by atoms with E-state index in [2.05, 4.69) is 4.90 Å². The van der Waals surface area contributed by atoms with Gasteiger partial charge in [-0.1, -0.05) is 12.1 Å². The first-order valence-electron chi connectivity index (χ1n) is 9.44. The van der Waals surface area contributed by atoms with Crippen molar-refractivity contribution in [2.45, 2.75) is 37.6 Å². The molecule has 1 atom stereocenters. The van der Waals surface area contributed by atoms with Crippen LogP contribution in [0.5, 0.6) is 0 Å². The summed E-state index contributed by atoms with van der Waals surface area (Å²) in [5.41, 5.74) is 0.494. The molecule has 3 rings (SSSR count). The molecule has 2 fully saturated rings. The molecule has 1 aromatic rings. The second-order valence-corrected chi connectivity index (χ2v) is 9.17. The molecule has 2 heterocycles. The number of piperazine rings is 1. The van der Waals surface area contributed by atoms with E-state index in [0.29, 0.717) is 31.7 Å². The Morgan fingerprint density at radius 3 is 2.00 bits per heavy atom. The zero-order chi connectivity index (χ0) is 19.6. The Kier molecular flexibility index (Phi) is 5.98. The number of nitrogens with zero attached hydrogens (tertiary/aromatic N) is 3. The third kappa shape index (κ3) is 4.23. The van der Waals surface area contributed by atoms with E-state index in [1.54, 1.807) is 12.1 Å². The van der Waals surface area contributed by atoms with Crippen molar-refractivity contribution in [2.24, 2.45) is 0 Å². The molecule has 0 aromatic heterocycles. The van der Waals surface area contributed by atoms with Crippen LogP contribution in [0.25, 0.3) is 0 Å². The van der Waals surface area contributed by atoms with Crippen molar-refractivity contribution in [3.05, 3.63) is 29.8 Å². The third-order valence-electron chi connectivity index (χ3n) is 5.49. The lowest BCUT2D eigenvalue weighted by atomic mass is 10.2. The number of hydrogen-bond acceptors (Lipinski definition) is 5. The summed E-state index contributed by atoms with van der Waals surface area (Å²) in [5, 5.41) is 0. The predicted octanol–water partition coefficient (Wildman–Crippen LogP) is 1.21. The van der Waals surface area contributed by atoms with E-state index in [1.165, 1.54) is 23.4 Å². The van der Waals surface area contributed by atoms with Gasteiger partial charge in [-0.05, 0) is 38.8 Å². The molecule has 148 valence electrons. The van der Waals surface area contributed by atoms with Gasteiger partial charge in [0.15, 0.2) is 5.78 Å². The van der Waals surface area contributed by atoms with Crippen LogP contribution in [-0.4, -0.2) is 79.5 Å². The fourth-order valence-electron chi connectivity index (χ4n) is 3.70. The van der Waals surface area contributed by atoms with E-state index in [4.69, 9.17) is 0 Å². The van der Waals surface area contributed by atoms with Crippen LogP contribution in [0, 0.1) is 0 Å². The maximum absolute atomic E-state index is 12.8. The van der Waals surface area contributed by atoms with Crippen molar-refractivity contribution in [1.82, 2.24) is 14.1 Å². The van der Waals surface area contributed by atoms with Crippen molar-refractivity contribution in [3.8, 4) is 0 Å². The van der Waals surface area contributed by atoms with E-state index in [0.717, 1.165) is 25.9 Å². The fourth-order valence-corrected chi connectivity index (χ4v) is 5.12. The smallest absolute Gasteiger partial charge is 0.243 e. The summed E-state index contributed by atoms with van der Waals surface area (Å²) in [6.45, 7) is 6.79. The minimum absolute atomic E-state index is 0.0933. The van der Waals surface area contributed by atoms with Crippen LogP contribution in [0.2, 0.25) is 0 Å². The van der Waals surface area contributed by atoms with Gasteiger partial charge in [0.05, 0.1) is 10.9 Å². The van der Waals surface area contributed by atoms with Gasteiger partial charge in [0.2, 0.25) is 15.9 Å². The highest BCUT2D eigenvalue weighted by Crippen LogP contribution is 2.20. The van der Waals surface area contributed by atoms with E-state index in [9.17, 15) is 18.0 Å². The number of rotatable bonds is 5. The Balaban J connectivity index is 1.62. The van der Waals surface area contributed by atoms with E-state index >= 15 is 0 Å². The number of carbonyl (C=O) groups is 2. The highest BCUT2D eigenvalue weighted by molar-refractivity contribution is 7.89. The molecule has 27 heavy (non-hydrogen) atoms. The summed E-state index contributed by atoms with van der Waals surface area (Å²) in [5.74, 6) is 0.0489. The first kappa shape index (κ1) is 20.0. The number of sulfonamides is 1. The first-order valence-corrected chi connectivity index (χ1v) is 10.9. The van der Waals surface area contributed by atoms with Crippen molar-refractivity contribution < 1.29 is 18.0 Å². The maximum atomic E-state index is 12.8. The molecule has 2 aliphatic rings. The SMILES string of the molecule is CC(=O)c1ccc(S(=O)(=O)N2CCN(C(C)C(=O)N3CCCC3)CC2)cc1. The summed E-state index contributed by atoms with van der Waals surface area (Å²) >= 11 is 0. The maximum Gasteiger partial charge on any atom is 0.243 e. The van der Waals surface area contributed by atoms with Crippen LogP contribution in [0.4, 0.5) is 0 Å². The Hall–Kier alpha value is -1.77. The third-order valence-corrected chi connectivity index (χ3v) is 7.41. The van der Waals surface area contributed by atoms with Crippen LogP contribution in [0.1, 0.15) is 37.0 Å². The number of carbonyl (C=O) groups excluding carboxylic acids is 2. The van der Waals surface area contributed by atoms with Gasteiger partial charge >= 0.3 is 0 Å². The Labute approximate surface area is 161 Å². The number of benzene rings is 1. The monoisotopic (exact) mass is 393 g/mol. The van der Waals surface area contributed by atoms with Crippen molar-refractivity contribution in [3.63, 3.8) is 0 Å². The molecule has 2 saturated heterocycles. The van der Waals surface area contributed by atoms with Crippen molar-refractivity contribution in [1.29, 1.82) is 0 Å². The van der Waals surface area contributed by atoms with Gasteiger partial charge < -0.3 is 4.90 Å². The Morgan fingerprint density at radius 2 is 1.48 bits per heavy atom. The van der Waals surface area contributed by atoms with Gasteiger partial charge in [-0.15, -0.1) is 0 Å². The molecule has 1 unspecified atom stereocenters. The average molecular weight is 394 g/mol. The molecule has 1 aromatic carbocycles. The number of amides is 1. The molecule has 0 spiro atoms. The lowest BCUT2D eigenvalue weighted by Crippen LogP contribution is -2.55. The van der Waals surface area contributed by atoms with E-state index < -0.39 is 10.0 Å². The van der Waals surface area contributed by atoms with E-state index in [-0.39, 0.29) is 22.6 Å². The van der Waals surface area contributed by atoms with Crippen LogP contribution in [0.15, 0.2) is 29.2 Å². The minimum atomic E-state index is -3.59. The van der Waals surface area contributed by atoms with Gasteiger partial charge in [-0.2, -0.15) is 4.31 Å². The highest BCUT2D eigenvalue weighted by Gasteiger charge is 2.33. The molecule has 0 radical (unpaired) electrons. The van der Waals surface area contributed by atoms with Gasteiger partial charge in [0.25, 0.3) is 0 Å². The first-order chi connectivity index (χ1) is 12.8. The molecule has 2 aliphatic heterocycles. The lowest BCUT2D eigenvalue weighted by Gasteiger charge is -2.37. The highest BCUT2D eigenvalue weighted by atomic mass is 32.2. The normalized spacial score (nSPS) is 20.6. The van der Waals surface area contributed by atoms with Crippen LogP contribution < -0.4 is 0 Å². The molecule has 8 heteroatoms. The fraction of sp³-hybridized carbons (Fsp3) is 0.579. The molecular formula is C19H27N3O4S. The topological polar surface area (TPSA) is 78.0 Å². The molecule has 0 N–H and O–H groups in total. The van der Waals surface area contributed by atoms with Gasteiger partial charge in [-0.25, -0.2) is 8.42 Å². The molecule has 0 aliphatic carbocycles. The van der Waals surface area contributed by atoms with Gasteiger partial charge in [0, 0.05) is 44.8 Å². The zero-order valence-electron chi connectivity index (χ0n) is 15.9. The number of ketones is 1. The van der Waals surface area contributed by atoms with Crippen LogP contribution in [0.3, 0.4) is 0 Å². The van der Waals surface area contributed by atoms with Gasteiger partial charge in [-0.3, -0.25) is 14.5 Å². The minimum Gasteiger partial charge on any atom is -0.341 e. The standard InChI is InChI=1S/C19H27N3O4S/c1-15(19(24)21-9-3-4-10-21)20-11-13-22(14-12-20)27(25,26)18-7-5-17(6-8-18)16(2)23/h5-8,15H,3-4,9-14H2,1-2H3. The predicted molar refractivity (Wildman–Crippen MR) is 102 cm³/mol. The second-order valence-electron chi connectivity index (χ2n) is 7.23. The van der Waals surface area contributed by atoms with E-state index in [1.807, 2.05) is 11.8 Å². The number of likely N-dealkylation sites (tertiary alicyclic amines) is 1. The van der Waals surface area contributed by atoms with Crippen molar-refractivity contribution in [2.75, 3.05) is 39.3 Å². The summed E-state index contributed by atoms with van der Waals surface area (Å²) in [7, 11) is -3.59. The summed E-state index contributed by atoms with van der Waals surface area (Å²) < 4.78 is 27.1. The molecule has 0 bridgehead atoms. The lowest BCUT2D eigenvalue weighted by molar-refractivity contribution is -0.135.